The van der Waals surface area contributed by atoms with Crippen molar-refractivity contribution in [2.24, 2.45) is 0 Å². The number of nitro groups is 1. The molecule has 8 heteroatoms. The molecule has 0 fully saturated rings. The summed E-state index contributed by atoms with van der Waals surface area (Å²) in [5.74, 6) is -0.398. The third-order valence-corrected chi connectivity index (χ3v) is 4.89. The molecule has 2 aromatic rings. The van der Waals surface area contributed by atoms with Crippen LogP contribution in [0.4, 0.5) is 10.1 Å². The number of nitro benzene ring substituents is 1. The van der Waals surface area contributed by atoms with Crippen LogP contribution in [0, 0.1) is 15.9 Å². The van der Waals surface area contributed by atoms with Crippen LogP contribution < -0.4 is 0 Å². The molecule has 0 spiro atoms. The second-order valence-corrected chi connectivity index (χ2v) is 6.68. The van der Waals surface area contributed by atoms with Crippen molar-refractivity contribution in [2.75, 3.05) is 7.05 Å². The number of benzene rings is 2. The second-order valence-electron chi connectivity index (χ2n) is 4.64. The maximum atomic E-state index is 12.8. The first kappa shape index (κ1) is 16.1. The zero-order valence-electron chi connectivity index (χ0n) is 11.6. The Kier molecular flexibility index (Phi) is 4.53. The predicted octanol–water partition coefficient (Wildman–Crippen LogP) is 2.55. The number of sulfonamides is 1. The lowest BCUT2D eigenvalue weighted by molar-refractivity contribution is -0.384. The summed E-state index contributed by atoms with van der Waals surface area (Å²) in [5, 5.41) is 10.6. The molecule has 0 atom stereocenters. The van der Waals surface area contributed by atoms with E-state index in [2.05, 4.69) is 0 Å². The van der Waals surface area contributed by atoms with Crippen LogP contribution in [0.2, 0.25) is 0 Å². The number of halogens is 1. The molecule has 116 valence electrons. The fraction of sp³-hybridized carbons (Fsp3) is 0.143. The fourth-order valence-electron chi connectivity index (χ4n) is 1.85. The molecular formula is C14H13FN2O4S. The van der Waals surface area contributed by atoms with Crippen LogP contribution >= 0.6 is 0 Å². The van der Waals surface area contributed by atoms with E-state index in [1.165, 1.54) is 43.4 Å². The van der Waals surface area contributed by atoms with Crippen LogP contribution in [0.15, 0.2) is 53.4 Å². The maximum absolute atomic E-state index is 12.8. The Labute approximate surface area is 127 Å². The molecule has 0 heterocycles. The van der Waals surface area contributed by atoms with Gasteiger partial charge in [-0.2, -0.15) is 4.31 Å². The molecule has 0 unspecified atom stereocenters. The molecule has 0 amide bonds. The Bertz CT molecular complexity index is 773. The molecule has 0 aliphatic heterocycles. The Morgan fingerprint density at radius 2 is 1.64 bits per heavy atom. The minimum Gasteiger partial charge on any atom is -0.258 e. The lowest BCUT2D eigenvalue weighted by atomic mass is 10.2. The predicted molar refractivity (Wildman–Crippen MR) is 78.1 cm³/mol. The Balaban J connectivity index is 2.21. The third-order valence-electron chi connectivity index (χ3n) is 3.07. The number of non-ortho nitro benzene ring substituents is 1. The highest BCUT2D eigenvalue weighted by atomic mass is 32.2. The van der Waals surface area contributed by atoms with E-state index in [1.54, 1.807) is 0 Å². The maximum Gasteiger partial charge on any atom is 0.269 e. The van der Waals surface area contributed by atoms with Gasteiger partial charge in [-0.1, -0.05) is 12.1 Å². The van der Waals surface area contributed by atoms with Gasteiger partial charge in [0.05, 0.1) is 9.82 Å². The lowest BCUT2D eigenvalue weighted by Gasteiger charge is -2.17. The lowest BCUT2D eigenvalue weighted by Crippen LogP contribution is -2.26. The molecule has 22 heavy (non-hydrogen) atoms. The van der Waals surface area contributed by atoms with Crippen molar-refractivity contribution in [1.82, 2.24) is 4.31 Å². The van der Waals surface area contributed by atoms with Crippen molar-refractivity contribution < 1.29 is 17.7 Å². The van der Waals surface area contributed by atoms with Crippen LogP contribution in [0.5, 0.6) is 0 Å². The summed E-state index contributed by atoms with van der Waals surface area (Å²) in [6, 6.07) is 10.2. The molecule has 2 rings (SSSR count). The molecule has 6 nitrogen and oxygen atoms in total. The van der Waals surface area contributed by atoms with Gasteiger partial charge < -0.3 is 0 Å². The van der Waals surface area contributed by atoms with E-state index in [0.29, 0.717) is 5.56 Å². The minimum atomic E-state index is -3.77. The van der Waals surface area contributed by atoms with Gasteiger partial charge in [-0.15, -0.1) is 0 Å². The van der Waals surface area contributed by atoms with Crippen LogP contribution in [0.1, 0.15) is 5.56 Å². The number of nitrogens with zero attached hydrogens (tertiary/aromatic N) is 2. The van der Waals surface area contributed by atoms with E-state index >= 15 is 0 Å². The normalized spacial score (nSPS) is 11.6. The molecule has 0 saturated carbocycles. The van der Waals surface area contributed by atoms with Gasteiger partial charge in [0, 0.05) is 25.7 Å². The van der Waals surface area contributed by atoms with Gasteiger partial charge >= 0.3 is 0 Å². The highest BCUT2D eigenvalue weighted by molar-refractivity contribution is 7.89. The van der Waals surface area contributed by atoms with Crippen LogP contribution in [0.3, 0.4) is 0 Å². The number of hydrogen-bond acceptors (Lipinski definition) is 4. The molecule has 0 aliphatic rings. The minimum absolute atomic E-state index is 0.0392. The van der Waals surface area contributed by atoms with Crippen molar-refractivity contribution in [3.63, 3.8) is 0 Å². The van der Waals surface area contributed by atoms with Crippen molar-refractivity contribution >= 4 is 15.7 Å². The van der Waals surface area contributed by atoms with Crippen molar-refractivity contribution in [3.05, 3.63) is 70.0 Å². The van der Waals surface area contributed by atoms with Gasteiger partial charge in [-0.3, -0.25) is 10.1 Å². The van der Waals surface area contributed by atoms with Crippen molar-refractivity contribution in [3.8, 4) is 0 Å². The summed E-state index contributed by atoms with van der Waals surface area (Å²) in [6.07, 6.45) is 0. The number of rotatable bonds is 5. The molecular weight excluding hydrogens is 311 g/mol. The molecule has 0 radical (unpaired) electrons. The SMILES string of the molecule is CN(Cc1ccc(F)cc1)S(=O)(=O)c1ccc([N+](=O)[O-])cc1. The van der Waals surface area contributed by atoms with Gasteiger partial charge in [-0.25, -0.2) is 12.8 Å². The smallest absolute Gasteiger partial charge is 0.258 e. The summed E-state index contributed by atoms with van der Waals surface area (Å²) in [6.45, 7) is 0.0690. The fourth-order valence-corrected chi connectivity index (χ4v) is 3.01. The van der Waals surface area contributed by atoms with Gasteiger partial charge in [0.2, 0.25) is 10.0 Å². The van der Waals surface area contributed by atoms with E-state index in [1.807, 2.05) is 0 Å². The second kappa shape index (κ2) is 6.20. The summed E-state index contributed by atoms with van der Waals surface area (Å²) >= 11 is 0. The third kappa shape index (κ3) is 3.46. The Morgan fingerprint density at radius 1 is 1.09 bits per heavy atom. The van der Waals surface area contributed by atoms with Crippen LogP contribution in [-0.4, -0.2) is 24.7 Å². The number of hydrogen-bond donors (Lipinski definition) is 0. The molecule has 2 aromatic carbocycles. The van der Waals surface area contributed by atoms with Gasteiger partial charge in [0.25, 0.3) is 5.69 Å². The molecule has 0 aromatic heterocycles. The van der Waals surface area contributed by atoms with Crippen LogP contribution in [0.25, 0.3) is 0 Å². The van der Waals surface area contributed by atoms with Gasteiger partial charge in [0.1, 0.15) is 5.82 Å². The largest absolute Gasteiger partial charge is 0.269 e. The summed E-state index contributed by atoms with van der Waals surface area (Å²) in [7, 11) is -2.38. The van der Waals surface area contributed by atoms with Crippen molar-refractivity contribution in [1.29, 1.82) is 0 Å². The van der Waals surface area contributed by atoms with E-state index < -0.39 is 20.8 Å². The van der Waals surface area contributed by atoms with E-state index in [0.717, 1.165) is 16.4 Å². The Morgan fingerprint density at radius 3 is 2.14 bits per heavy atom. The first-order valence-corrected chi connectivity index (χ1v) is 7.70. The summed E-state index contributed by atoms with van der Waals surface area (Å²) in [5.41, 5.74) is 0.453. The van der Waals surface area contributed by atoms with Gasteiger partial charge in [-0.05, 0) is 29.8 Å². The highest BCUT2D eigenvalue weighted by Crippen LogP contribution is 2.20. The molecule has 0 saturated heterocycles. The zero-order chi connectivity index (χ0) is 16.3. The van der Waals surface area contributed by atoms with E-state index in [9.17, 15) is 22.9 Å². The summed E-state index contributed by atoms with van der Waals surface area (Å²) in [4.78, 5) is 9.94. The first-order chi connectivity index (χ1) is 10.3. The topological polar surface area (TPSA) is 80.5 Å². The first-order valence-electron chi connectivity index (χ1n) is 6.26. The summed E-state index contributed by atoms with van der Waals surface area (Å²) < 4.78 is 38.7. The quantitative estimate of drug-likeness (QED) is 0.625. The van der Waals surface area contributed by atoms with Gasteiger partial charge in [0.15, 0.2) is 0 Å². The average Bonchev–Trinajstić information content (AvgIpc) is 2.49. The molecule has 0 bridgehead atoms. The highest BCUT2D eigenvalue weighted by Gasteiger charge is 2.21. The molecule has 0 aliphatic carbocycles. The zero-order valence-corrected chi connectivity index (χ0v) is 12.5. The average molecular weight is 324 g/mol. The molecule has 0 N–H and O–H groups in total. The Hall–Kier alpha value is -2.32. The van der Waals surface area contributed by atoms with Crippen LogP contribution in [-0.2, 0) is 16.6 Å². The monoisotopic (exact) mass is 324 g/mol. The van der Waals surface area contributed by atoms with Crippen molar-refractivity contribution in [2.45, 2.75) is 11.4 Å². The van der Waals surface area contributed by atoms with E-state index in [4.69, 9.17) is 0 Å². The standard InChI is InChI=1S/C14H13FN2O4S/c1-16(10-11-2-4-12(15)5-3-11)22(20,21)14-8-6-13(7-9-14)17(18)19/h2-9H,10H2,1H3. The van der Waals surface area contributed by atoms with E-state index in [-0.39, 0.29) is 17.1 Å².